The number of carbonyl (C=O) groups excluding carboxylic acids is 1. The van der Waals surface area contributed by atoms with E-state index in [-0.39, 0.29) is 17.0 Å². The van der Waals surface area contributed by atoms with Gasteiger partial charge in [0, 0.05) is 17.4 Å². The van der Waals surface area contributed by atoms with E-state index in [1.807, 2.05) is 0 Å². The highest BCUT2D eigenvalue weighted by Gasteiger charge is 2.78. The normalized spacial score (nSPS) is 56.2. The molecule has 1 spiro atoms. The Morgan fingerprint density at radius 2 is 2.15 bits per heavy atom. The van der Waals surface area contributed by atoms with Crippen molar-refractivity contribution in [2.75, 3.05) is 0 Å². The molecule has 4 nitrogen and oxygen atoms in total. The lowest BCUT2D eigenvalue weighted by molar-refractivity contribution is -0.169. The molecule has 27 heavy (non-hydrogen) atoms. The maximum Gasteiger partial charge on any atom is 0.331 e. The Kier molecular flexibility index (Phi) is 3.07. The molecule has 9 atom stereocenters. The molecule has 6 aliphatic rings. The standard InChI is InChI=1S/C23H29NO3/c1-12-9-13-10-14(24-26)3-4-15(13)16-5-7-22(2)21(20(12)16)17-11-18(17)23(22)8-6-19(25)27-23/h6,8,10,12,15-18,20-21,26H,3-5,7,9,11H2,1-2H3/b24-14-/t12-,15-,16?,17+,18-,20?,21?,22-,23-/m0/s1. The minimum absolute atomic E-state index is 0.103. The van der Waals surface area contributed by atoms with Gasteiger partial charge in [0.05, 0.1) is 5.71 Å². The first-order valence-corrected chi connectivity index (χ1v) is 10.8. The predicted octanol–water partition coefficient (Wildman–Crippen LogP) is 4.34. The Bertz CT molecular complexity index is 812. The molecule has 0 bridgehead atoms. The highest BCUT2D eigenvalue weighted by atomic mass is 16.6. The lowest BCUT2D eigenvalue weighted by Crippen LogP contribution is -2.56. The SMILES string of the molecule is C[C@H]1CC2=C/C(=N\O)CC[C@@H]2C2CC[C@@]3(C)C(C21)[C@@H]1C[C@@H]1[C@@]31C=CC(=O)O1. The van der Waals surface area contributed by atoms with E-state index < -0.39 is 0 Å². The van der Waals surface area contributed by atoms with Crippen LogP contribution in [0.4, 0.5) is 0 Å². The maximum atomic E-state index is 12.0. The number of hydrogen-bond acceptors (Lipinski definition) is 4. The van der Waals surface area contributed by atoms with Crippen LogP contribution < -0.4 is 0 Å². The summed E-state index contributed by atoms with van der Waals surface area (Å²) in [4.78, 5) is 12.0. The fourth-order valence-corrected chi connectivity index (χ4v) is 8.60. The van der Waals surface area contributed by atoms with Crippen LogP contribution in [-0.2, 0) is 9.53 Å². The number of carbonyl (C=O) groups is 1. The van der Waals surface area contributed by atoms with E-state index in [4.69, 9.17) is 4.74 Å². The molecule has 4 heteroatoms. The zero-order chi connectivity index (χ0) is 18.6. The summed E-state index contributed by atoms with van der Waals surface area (Å²) < 4.78 is 6.08. The number of ether oxygens (including phenoxy) is 1. The van der Waals surface area contributed by atoms with Gasteiger partial charge in [-0.2, -0.15) is 0 Å². The quantitative estimate of drug-likeness (QED) is 0.393. The first kappa shape index (κ1) is 16.4. The maximum absolute atomic E-state index is 12.0. The van der Waals surface area contributed by atoms with Gasteiger partial charge in [0.1, 0.15) is 5.60 Å². The number of allylic oxidation sites excluding steroid dienone is 2. The zero-order valence-electron chi connectivity index (χ0n) is 16.2. The van der Waals surface area contributed by atoms with Crippen molar-refractivity contribution in [2.24, 2.45) is 52.0 Å². The largest absolute Gasteiger partial charge is 0.451 e. The van der Waals surface area contributed by atoms with Crippen molar-refractivity contribution in [1.82, 2.24) is 0 Å². The van der Waals surface area contributed by atoms with Crippen LogP contribution >= 0.6 is 0 Å². The van der Waals surface area contributed by atoms with Gasteiger partial charge in [0.15, 0.2) is 0 Å². The van der Waals surface area contributed by atoms with Gasteiger partial charge < -0.3 is 9.94 Å². The molecule has 0 aromatic rings. The van der Waals surface area contributed by atoms with Crippen LogP contribution in [0.15, 0.2) is 29.0 Å². The summed E-state index contributed by atoms with van der Waals surface area (Å²) in [7, 11) is 0. The molecule has 6 rings (SSSR count). The average Bonchev–Trinajstić information content (AvgIpc) is 3.30. The first-order chi connectivity index (χ1) is 13.0. The lowest BCUT2D eigenvalue weighted by Gasteiger charge is -2.58. The van der Waals surface area contributed by atoms with Crippen molar-refractivity contribution < 1.29 is 14.7 Å². The highest BCUT2D eigenvalue weighted by molar-refractivity contribution is 5.96. The van der Waals surface area contributed by atoms with Crippen molar-refractivity contribution in [3.8, 4) is 0 Å². The summed E-state index contributed by atoms with van der Waals surface area (Å²) in [5.41, 5.74) is 2.17. The van der Waals surface area contributed by atoms with Gasteiger partial charge in [-0.1, -0.05) is 24.6 Å². The van der Waals surface area contributed by atoms with Gasteiger partial charge in [0.25, 0.3) is 0 Å². The zero-order valence-corrected chi connectivity index (χ0v) is 16.2. The van der Waals surface area contributed by atoms with Gasteiger partial charge in [-0.15, -0.1) is 0 Å². The fraction of sp³-hybridized carbons (Fsp3) is 0.739. The third-order valence-electron chi connectivity index (χ3n) is 9.52. The van der Waals surface area contributed by atoms with Crippen molar-refractivity contribution >= 4 is 11.7 Å². The van der Waals surface area contributed by atoms with Crippen molar-refractivity contribution in [3.05, 3.63) is 23.8 Å². The van der Waals surface area contributed by atoms with E-state index in [0.29, 0.717) is 23.7 Å². The predicted molar refractivity (Wildman–Crippen MR) is 101 cm³/mol. The summed E-state index contributed by atoms with van der Waals surface area (Å²) in [6.07, 6.45) is 12.8. The molecule has 144 valence electrons. The van der Waals surface area contributed by atoms with Crippen LogP contribution in [0, 0.1) is 46.8 Å². The molecule has 0 aromatic carbocycles. The van der Waals surface area contributed by atoms with Gasteiger partial charge in [-0.05, 0) is 86.2 Å². The van der Waals surface area contributed by atoms with Gasteiger partial charge in [-0.3, -0.25) is 0 Å². The number of rotatable bonds is 0. The molecular formula is C23H29NO3. The summed E-state index contributed by atoms with van der Waals surface area (Å²) in [6.45, 7) is 4.86. The Hall–Kier alpha value is -1.58. The van der Waals surface area contributed by atoms with E-state index in [2.05, 4.69) is 31.2 Å². The molecule has 1 heterocycles. The molecule has 0 aromatic heterocycles. The molecule has 0 radical (unpaired) electrons. The van der Waals surface area contributed by atoms with Crippen LogP contribution in [0.2, 0.25) is 0 Å². The van der Waals surface area contributed by atoms with E-state index in [1.54, 1.807) is 6.08 Å². The Balaban J connectivity index is 1.39. The summed E-state index contributed by atoms with van der Waals surface area (Å²) in [6, 6.07) is 0. The molecular weight excluding hydrogens is 338 g/mol. The molecule has 3 unspecified atom stereocenters. The van der Waals surface area contributed by atoms with E-state index in [1.165, 1.54) is 24.8 Å². The third-order valence-corrected chi connectivity index (χ3v) is 9.52. The molecule has 5 aliphatic carbocycles. The van der Waals surface area contributed by atoms with E-state index in [0.717, 1.165) is 42.7 Å². The molecule has 0 amide bonds. The monoisotopic (exact) mass is 367 g/mol. The van der Waals surface area contributed by atoms with Crippen LogP contribution in [0.3, 0.4) is 0 Å². The highest BCUT2D eigenvalue weighted by Crippen LogP contribution is 2.78. The second kappa shape index (κ2) is 5.07. The van der Waals surface area contributed by atoms with Crippen molar-refractivity contribution in [1.29, 1.82) is 0 Å². The minimum atomic E-state index is -0.316. The summed E-state index contributed by atoms with van der Waals surface area (Å²) in [5.74, 6) is 4.64. The molecule has 0 saturated heterocycles. The Morgan fingerprint density at radius 1 is 1.30 bits per heavy atom. The fourth-order valence-electron chi connectivity index (χ4n) is 8.60. The number of nitrogens with zero attached hydrogens (tertiary/aromatic N) is 1. The first-order valence-electron chi connectivity index (χ1n) is 10.8. The topological polar surface area (TPSA) is 58.9 Å². The smallest absolute Gasteiger partial charge is 0.331 e. The number of oxime groups is 1. The van der Waals surface area contributed by atoms with Gasteiger partial charge in [0.2, 0.25) is 0 Å². The summed E-state index contributed by atoms with van der Waals surface area (Å²) >= 11 is 0. The second-order valence-electron chi connectivity index (χ2n) is 10.4. The van der Waals surface area contributed by atoms with Crippen LogP contribution in [0.25, 0.3) is 0 Å². The molecule has 1 N–H and O–H groups in total. The number of esters is 1. The van der Waals surface area contributed by atoms with Gasteiger partial charge in [-0.25, -0.2) is 4.79 Å². The van der Waals surface area contributed by atoms with Crippen LogP contribution in [0.5, 0.6) is 0 Å². The Morgan fingerprint density at radius 3 is 2.89 bits per heavy atom. The Labute approximate surface area is 160 Å². The van der Waals surface area contributed by atoms with Crippen LogP contribution in [0.1, 0.15) is 52.4 Å². The molecule has 4 fully saturated rings. The number of hydrogen-bond donors (Lipinski definition) is 1. The van der Waals surface area contributed by atoms with E-state index >= 15 is 0 Å². The van der Waals surface area contributed by atoms with Crippen molar-refractivity contribution in [2.45, 2.75) is 58.0 Å². The van der Waals surface area contributed by atoms with Crippen molar-refractivity contribution in [3.63, 3.8) is 0 Å². The lowest BCUT2D eigenvalue weighted by atomic mass is 9.47. The van der Waals surface area contributed by atoms with Gasteiger partial charge >= 0.3 is 5.97 Å². The molecule has 4 saturated carbocycles. The van der Waals surface area contributed by atoms with Crippen LogP contribution in [-0.4, -0.2) is 22.5 Å². The average molecular weight is 367 g/mol. The molecule has 1 aliphatic heterocycles. The summed E-state index contributed by atoms with van der Waals surface area (Å²) in [5, 5.41) is 12.7. The number of fused-ring (bicyclic) bond motifs is 9. The minimum Gasteiger partial charge on any atom is -0.451 e. The third kappa shape index (κ3) is 1.85. The van der Waals surface area contributed by atoms with E-state index in [9.17, 15) is 10.0 Å². The second-order valence-corrected chi connectivity index (χ2v) is 10.4.